The molecule has 0 saturated carbocycles. The highest BCUT2D eigenvalue weighted by Crippen LogP contribution is 2.54. The Morgan fingerprint density at radius 2 is 1.70 bits per heavy atom. The van der Waals surface area contributed by atoms with Crippen LogP contribution in [0.3, 0.4) is 0 Å². The Balaban J connectivity index is 1.51. The minimum atomic E-state index is -0.200. The number of phenols is 1. The van der Waals surface area contributed by atoms with Crippen LogP contribution in [0.25, 0.3) is 28.5 Å². The molecule has 40 heavy (non-hydrogen) atoms. The Kier molecular flexibility index (Phi) is 6.44. The van der Waals surface area contributed by atoms with Crippen molar-refractivity contribution in [3.8, 4) is 39.9 Å². The van der Waals surface area contributed by atoms with Gasteiger partial charge < -0.3 is 24.6 Å². The summed E-state index contributed by atoms with van der Waals surface area (Å²) in [5.41, 5.74) is 6.42. The maximum absolute atomic E-state index is 10.6. The summed E-state index contributed by atoms with van der Waals surface area (Å²) in [7, 11) is 1.55. The third-order valence-corrected chi connectivity index (χ3v) is 7.69. The van der Waals surface area contributed by atoms with Gasteiger partial charge in [-0.3, -0.25) is 0 Å². The fourth-order valence-corrected chi connectivity index (χ4v) is 5.73. The molecule has 202 valence electrons. The molecule has 2 heterocycles. The lowest BCUT2D eigenvalue weighted by atomic mass is 9.83. The number of nitrogens with one attached hydrogen (secondary N) is 1. The average molecular weight is 572 g/mol. The Morgan fingerprint density at radius 3 is 2.48 bits per heavy atom. The van der Waals surface area contributed by atoms with E-state index in [0.29, 0.717) is 44.4 Å². The van der Waals surface area contributed by atoms with Gasteiger partial charge in [0.1, 0.15) is 23.0 Å². The van der Waals surface area contributed by atoms with Crippen LogP contribution in [-0.4, -0.2) is 17.8 Å². The topological polar surface area (TPSA) is 60.0 Å². The fraction of sp³-hybridized carbons (Fsp3) is 0.152. The molecule has 5 nitrogen and oxygen atoms in total. The zero-order valence-corrected chi connectivity index (χ0v) is 23.9. The zero-order chi connectivity index (χ0) is 28.2. The number of hydrogen-bond donors (Lipinski definition) is 2. The van der Waals surface area contributed by atoms with E-state index in [1.54, 1.807) is 37.4 Å². The summed E-state index contributed by atoms with van der Waals surface area (Å²) < 4.78 is 18.3. The SMILES string of the molecule is COc1c(O)ccc2c1-c1ccc3c(c1C(=Cc1cccc(Oc4ccc(Cl)c(Cl)c4)c1)O2)C(C)=CC(C)(C)N3. The van der Waals surface area contributed by atoms with Gasteiger partial charge >= 0.3 is 0 Å². The number of hydrogen-bond acceptors (Lipinski definition) is 5. The second-order valence-electron chi connectivity index (χ2n) is 10.4. The predicted octanol–water partition coefficient (Wildman–Crippen LogP) is 9.66. The molecule has 2 aliphatic heterocycles. The molecule has 2 N–H and O–H groups in total. The van der Waals surface area contributed by atoms with E-state index in [-0.39, 0.29) is 11.3 Å². The Labute approximate surface area is 243 Å². The van der Waals surface area contributed by atoms with E-state index in [0.717, 1.165) is 33.5 Å². The quantitative estimate of drug-likeness (QED) is 0.255. The van der Waals surface area contributed by atoms with Crippen molar-refractivity contribution in [3.05, 3.63) is 99.5 Å². The molecule has 4 aromatic rings. The third kappa shape index (κ3) is 4.66. The van der Waals surface area contributed by atoms with Crippen molar-refractivity contribution in [1.29, 1.82) is 0 Å². The standard InChI is InChI=1S/C33H27Cl2NO4/c1-18-17-33(2,3)36-25-11-9-22-30(29(18)25)28(40-27-13-12-26(37)32(38-4)31(22)27)15-19-6-5-7-20(14-19)39-21-8-10-23(34)24(35)16-21/h5-17,36-37H,1-4H3. The van der Waals surface area contributed by atoms with Crippen LogP contribution in [0.15, 0.2) is 72.8 Å². The van der Waals surface area contributed by atoms with Crippen molar-refractivity contribution in [2.75, 3.05) is 12.4 Å². The van der Waals surface area contributed by atoms with Crippen LogP contribution < -0.4 is 19.5 Å². The maximum atomic E-state index is 10.6. The first-order chi connectivity index (χ1) is 19.1. The van der Waals surface area contributed by atoms with Crippen LogP contribution in [-0.2, 0) is 0 Å². The number of methoxy groups -OCH3 is 1. The minimum absolute atomic E-state index is 0.0552. The highest BCUT2D eigenvalue weighted by Gasteiger charge is 2.33. The lowest BCUT2D eigenvalue weighted by molar-refractivity contribution is 0.371. The molecule has 0 atom stereocenters. The first kappa shape index (κ1) is 26.2. The molecule has 4 aromatic carbocycles. The largest absolute Gasteiger partial charge is 0.504 e. The average Bonchev–Trinajstić information content (AvgIpc) is 2.90. The second-order valence-corrected chi connectivity index (χ2v) is 11.3. The van der Waals surface area contributed by atoms with Gasteiger partial charge in [0, 0.05) is 28.4 Å². The van der Waals surface area contributed by atoms with Gasteiger partial charge in [0.05, 0.1) is 28.3 Å². The monoisotopic (exact) mass is 571 g/mol. The highest BCUT2D eigenvalue weighted by atomic mass is 35.5. The summed E-state index contributed by atoms with van der Waals surface area (Å²) in [4.78, 5) is 0. The van der Waals surface area contributed by atoms with Gasteiger partial charge in [0.25, 0.3) is 0 Å². The minimum Gasteiger partial charge on any atom is -0.504 e. The van der Waals surface area contributed by atoms with Crippen molar-refractivity contribution in [3.63, 3.8) is 0 Å². The van der Waals surface area contributed by atoms with E-state index in [1.165, 1.54) is 0 Å². The number of rotatable bonds is 4. The van der Waals surface area contributed by atoms with Crippen LogP contribution >= 0.6 is 23.2 Å². The van der Waals surface area contributed by atoms with E-state index in [9.17, 15) is 5.11 Å². The number of ether oxygens (including phenoxy) is 3. The fourth-order valence-electron chi connectivity index (χ4n) is 5.44. The van der Waals surface area contributed by atoms with E-state index in [1.807, 2.05) is 30.3 Å². The van der Waals surface area contributed by atoms with Crippen molar-refractivity contribution < 1.29 is 19.3 Å². The number of fused-ring (bicyclic) bond motifs is 5. The van der Waals surface area contributed by atoms with Crippen LogP contribution in [0.4, 0.5) is 5.69 Å². The van der Waals surface area contributed by atoms with E-state index < -0.39 is 0 Å². The van der Waals surface area contributed by atoms with Crippen LogP contribution in [0, 0.1) is 0 Å². The molecule has 0 radical (unpaired) electrons. The summed E-state index contributed by atoms with van der Waals surface area (Å²) in [6, 6.07) is 20.4. The van der Waals surface area contributed by atoms with Gasteiger partial charge in [-0.2, -0.15) is 0 Å². The number of anilines is 1. The molecule has 7 heteroatoms. The molecule has 2 aliphatic rings. The van der Waals surface area contributed by atoms with Gasteiger partial charge in [-0.25, -0.2) is 0 Å². The summed E-state index contributed by atoms with van der Waals surface area (Å²) in [6.07, 6.45) is 4.21. The predicted molar refractivity (Wildman–Crippen MR) is 163 cm³/mol. The molecule has 0 saturated heterocycles. The molecule has 0 amide bonds. The number of halogens is 2. The van der Waals surface area contributed by atoms with Crippen LogP contribution in [0.1, 0.15) is 37.5 Å². The molecule has 0 aliphatic carbocycles. The van der Waals surface area contributed by atoms with Gasteiger partial charge in [0.15, 0.2) is 11.5 Å². The molecule has 0 spiro atoms. The van der Waals surface area contributed by atoms with Crippen LogP contribution in [0.2, 0.25) is 10.0 Å². The van der Waals surface area contributed by atoms with Crippen molar-refractivity contribution in [2.45, 2.75) is 26.3 Å². The first-order valence-electron chi connectivity index (χ1n) is 12.8. The first-order valence-corrected chi connectivity index (χ1v) is 13.6. The summed E-state index contributed by atoms with van der Waals surface area (Å²) in [6.45, 7) is 6.39. The second kappa shape index (κ2) is 9.84. The smallest absolute Gasteiger partial charge is 0.172 e. The Hall–Kier alpha value is -4.06. The Morgan fingerprint density at radius 1 is 0.900 bits per heavy atom. The van der Waals surface area contributed by atoms with Crippen molar-refractivity contribution >= 4 is 46.3 Å². The van der Waals surface area contributed by atoms with Gasteiger partial charge in [-0.15, -0.1) is 0 Å². The van der Waals surface area contributed by atoms with E-state index in [2.05, 4.69) is 44.3 Å². The molecule has 0 unspecified atom stereocenters. The van der Waals surface area contributed by atoms with E-state index in [4.69, 9.17) is 37.4 Å². The molecular formula is C33H27Cl2NO4. The summed E-state index contributed by atoms with van der Waals surface area (Å²) in [5.74, 6) is 2.93. The Bertz CT molecular complexity index is 1740. The molecule has 0 aromatic heterocycles. The molecule has 0 fully saturated rings. The molecule has 0 bridgehead atoms. The lowest BCUT2D eigenvalue weighted by Crippen LogP contribution is -2.32. The van der Waals surface area contributed by atoms with Gasteiger partial charge in [-0.05, 0) is 80.4 Å². The summed E-state index contributed by atoms with van der Waals surface area (Å²) >= 11 is 12.2. The molecule has 6 rings (SSSR count). The van der Waals surface area contributed by atoms with Gasteiger partial charge in [-0.1, -0.05) is 47.5 Å². The number of allylic oxidation sites excluding steroid dienone is 1. The third-order valence-electron chi connectivity index (χ3n) is 6.95. The summed E-state index contributed by atoms with van der Waals surface area (Å²) in [5, 5.41) is 15.1. The van der Waals surface area contributed by atoms with Crippen molar-refractivity contribution in [2.24, 2.45) is 0 Å². The lowest BCUT2D eigenvalue weighted by Gasteiger charge is -2.35. The number of aromatic hydroxyl groups is 1. The zero-order valence-electron chi connectivity index (χ0n) is 22.4. The van der Waals surface area contributed by atoms with Crippen molar-refractivity contribution in [1.82, 2.24) is 0 Å². The number of benzene rings is 4. The normalized spacial score (nSPS) is 15.7. The van der Waals surface area contributed by atoms with Crippen LogP contribution in [0.5, 0.6) is 28.7 Å². The maximum Gasteiger partial charge on any atom is 0.172 e. The molecular weight excluding hydrogens is 545 g/mol. The van der Waals surface area contributed by atoms with Gasteiger partial charge in [0.2, 0.25) is 0 Å². The van der Waals surface area contributed by atoms with E-state index >= 15 is 0 Å². The number of phenolic OH excluding ortho intramolecular Hbond substituents is 1. The highest BCUT2D eigenvalue weighted by molar-refractivity contribution is 6.42.